The van der Waals surface area contributed by atoms with Gasteiger partial charge in [-0.3, -0.25) is 14.4 Å². The maximum atomic E-state index is 12.9. The van der Waals surface area contributed by atoms with Crippen molar-refractivity contribution in [2.45, 2.75) is 284 Å². The van der Waals surface area contributed by atoms with E-state index in [9.17, 15) is 14.4 Å². The Labute approximate surface area is 511 Å². The number of hydrogen-bond donors (Lipinski definition) is 0. The molecule has 6 heteroatoms. The summed E-state index contributed by atoms with van der Waals surface area (Å²) in [6.45, 7) is 6.34. The highest BCUT2D eigenvalue weighted by Crippen LogP contribution is 2.16. The smallest absolute Gasteiger partial charge is 0.306 e. The summed E-state index contributed by atoms with van der Waals surface area (Å²) in [5.74, 6) is -1.03. The third kappa shape index (κ3) is 67.4. The lowest BCUT2D eigenvalue weighted by molar-refractivity contribution is -0.166. The van der Waals surface area contributed by atoms with E-state index in [1.165, 1.54) is 89.9 Å². The Morgan fingerprint density at radius 3 is 0.783 bits per heavy atom. The highest BCUT2D eigenvalue weighted by atomic mass is 16.6. The Morgan fingerprint density at radius 1 is 0.253 bits per heavy atom. The van der Waals surface area contributed by atoms with E-state index in [1.54, 1.807) is 0 Å². The third-order valence-electron chi connectivity index (χ3n) is 13.7. The van der Waals surface area contributed by atoms with Crippen molar-refractivity contribution >= 4 is 17.9 Å². The van der Waals surface area contributed by atoms with Gasteiger partial charge in [0, 0.05) is 19.3 Å². The molecule has 0 N–H and O–H groups in total. The van der Waals surface area contributed by atoms with Gasteiger partial charge in [0.25, 0.3) is 0 Å². The van der Waals surface area contributed by atoms with Gasteiger partial charge in [0.15, 0.2) is 6.10 Å². The topological polar surface area (TPSA) is 78.9 Å². The van der Waals surface area contributed by atoms with Crippen molar-refractivity contribution in [1.82, 2.24) is 0 Å². The van der Waals surface area contributed by atoms with E-state index in [4.69, 9.17) is 14.2 Å². The van der Waals surface area contributed by atoms with Crippen LogP contribution in [0.2, 0.25) is 0 Å². The second kappa shape index (κ2) is 69.3. The van der Waals surface area contributed by atoms with Crippen LogP contribution in [0.1, 0.15) is 278 Å². The number of hydrogen-bond acceptors (Lipinski definition) is 6. The van der Waals surface area contributed by atoms with Crippen LogP contribution in [0.3, 0.4) is 0 Å². The number of esters is 3. The Hall–Kier alpha value is -5.23. The average Bonchev–Trinajstić information content (AvgIpc) is 3.49. The molecule has 0 aromatic heterocycles. The fourth-order valence-electron chi connectivity index (χ4n) is 8.78. The van der Waals surface area contributed by atoms with E-state index in [-0.39, 0.29) is 31.6 Å². The fraction of sp³-hybridized carbons (Fsp3) is 0.597. The van der Waals surface area contributed by atoms with Gasteiger partial charge in [-0.15, -0.1) is 0 Å². The highest BCUT2D eigenvalue weighted by molar-refractivity contribution is 5.71. The van der Waals surface area contributed by atoms with E-state index < -0.39 is 12.1 Å². The van der Waals surface area contributed by atoms with Gasteiger partial charge >= 0.3 is 17.9 Å². The van der Waals surface area contributed by atoms with Crippen molar-refractivity contribution in [2.75, 3.05) is 13.2 Å². The van der Waals surface area contributed by atoms with E-state index in [0.717, 1.165) is 141 Å². The van der Waals surface area contributed by atoms with Crippen LogP contribution < -0.4 is 0 Å². The zero-order chi connectivity index (χ0) is 59.9. The summed E-state index contributed by atoms with van der Waals surface area (Å²) >= 11 is 0. The second-order valence-electron chi connectivity index (χ2n) is 21.6. The number of carbonyl (C=O) groups excluding carboxylic acids is 3. The molecular formula is C77H122O6. The molecule has 0 aliphatic rings. The standard InChI is InChI=1S/C77H122O6/c1-4-7-10-13-16-19-22-25-28-31-33-34-35-36-37-38-39-40-41-42-44-46-49-52-55-58-61-64-67-70-76(79)82-73-74(72-81-75(78)69-66-63-60-57-54-51-48-45-30-27-24-21-18-15-12-9-6-3)83-77(80)71-68-65-62-59-56-53-50-47-43-32-29-26-23-20-17-14-11-8-5-2/h7-8,10-11,16-17,19-20,25-26,28-29,33-34,36-37,39-40,42-44,47,49,52-53,56,62,65,74H,4-6,9,12-15,18,21-24,27,30-32,35,38,41,45-46,48,50-51,54-55,57-61,63-64,66-73H2,1-3H3/b10-7-,11-8-,19-16-,20-17-,28-25-,29-26-,34-33-,37-36-,40-39-,44-42-,47-43-,52-49-,56-53-,65-62-. The first-order valence-corrected chi connectivity index (χ1v) is 33.6. The van der Waals surface area contributed by atoms with Crippen molar-refractivity contribution in [3.63, 3.8) is 0 Å². The molecule has 0 heterocycles. The number of ether oxygens (including phenoxy) is 3. The van der Waals surface area contributed by atoms with Crippen LogP contribution in [0, 0.1) is 0 Å². The average molecular weight is 1140 g/mol. The molecule has 0 amide bonds. The van der Waals surface area contributed by atoms with Crippen molar-refractivity contribution in [2.24, 2.45) is 0 Å². The first kappa shape index (κ1) is 77.8. The molecular weight excluding hydrogens is 1020 g/mol. The normalized spacial score (nSPS) is 13.2. The van der Waals surface area contributed by atoms with Gasteiger partial charge in [-0.25, -0.2) is 0 Å². The van der Waals surface area contributed by atoms with E-state index >= 15 is 0 Å². The molecule has 0 aromatic rings. The summed E-state index contributed by atoms with van der Waals surface area (Å²) in [5, 5.41) is 0. The molecule has 0 saturated carbocycles. The molecule has 0 aliphatic heterocycles. The molecule has 0 fully saturated rings. The summed E-state index contributed by atoms with van der Waals surface area (Å²) in [6.07, 6.45) is 102. The van der Waals surface area contributed by atoms with Gasteiger partial charge in [-0.1, -0.05) is 306 Å². The Morgan fingerprint density at radius 2 is 0.494 bits per heavy atom. The minimum absolute atomic E-state index is 0.122. The first-order chi connectivity index (χ1) is 41.0. The summed E-state index contributed by atoms with van der Waals surface area (Å²) in [5.41, 5.74) is 0. The monoisotopic (exact) mass is 1140 g/mol. The Balaban J connectivity index is 4.52. The van der Waals surface area contributed by atoms with Crippen LogP contribution in [0.4, 0.5) is 0 Å². The zero-order valence-corrected chi connectivity index (χ0v) is 53.4. The molecule has 0 bridgehead atoms. The molecule has 0 saturated heterocycles. The molecule has 0 aromatic carbocycles. The van der Waals surface area contributed by atoms with E-state index in [0.29, 0.717) is 19.3 Å². The molecule has 1 atom stereocenters. The quantitative estimate of drug-likeness (QED) is 0.0261. The Bertz CT molecular complexity index is 1890. The van der Waals surface area contributed by atoms with E-state index in [2.05, 4.69) is 179 Å². The number of allylic oxidation sites excluding steroid dienone is 28. The molecule has 1 unspecified atom stereocenters. The summed E-state index contributed by atoms with van der Waals surface area (Å²) < 4.78 is 16.9. The maximum Gasteiger partial charge on any atom is 0.306 e. The molecule has 466 valence electrons. The number of carbonyl (C=O) groups is 3. The lowest BCUT2D eigenvalue weighted by Crippen LogP contribution is -2.30. The van der Waals surface area contributed by atoms with Crippen LogP contribution in [-0.2, 0) is 28.6 Å². The molecule has 0 rings (SSSR count). The molecule has 0 radical (unpaired) electrons. The maximum absolute atomic E-state index is 12.9. The molecule has 0 aliphatic carbocycles. The number of rotatable bonds is 59. The van der Waals surface area contributed by atoms with Crippen molar-refractivity contribution in [1.29, 1.82) is 0 Å². The minimum Gasteiger partial charge on any atom is -0.462 e. The second-order valence-corrected chi connectivity index (χ2v) is 21.6. The van der Waals surface area contributed by atoms with Crippen molar-refractivity contribution in [3.8, 4) is 0 Å². The van der Waals surface area contributed by atoms with Crippen LogP contribution in [0.5, 0.6) is 0 Å². The first-order valence-electron chi connectivity index (χ1n) is 33.6. The zero-order valence-electron chi connectivity index (χ0n) is 53.4. The highest BCUT2D eigenvalue weighted by Gasteiger charge is 2.19. The SMILES string of the molecule is CC/C=C\C/C=C\C/C=C\C/C=C\C/C=C\C/C=C\C/C=C\C/C=C\CCCCCCC(=O)OCC(COC(=O)CCCCCCCCCCCCCCCCCCC)OC(=O)CC/C=C\C/C=C\C/C=C\C/C=C\C/C=C\C/C=C\CC. The Kier molecular flexibility index (Phi) is 64.9. The van der Waals surface area contributed by atoms with E-state index in [1.807, 2.05) is 12.2 Å². The van der Waals surface area contributed by atoms with Gasteiger partial charge in [-0.2, -0.15) is 0 Å². The van der Waals surface area contributed by atoms with Gasteiger partial charge in [0.2, 0.25) is 0 Å². The van der Waals surface area contributed by atoms with Gasteiger partial charge in [-0.05, 0) is 122 Å². The van der Waals surface area contributed by atoms with Crippen LogP contribution in [-0.4, -0.2) is 37.2 Å². The van der Waals surface area contributed by atoms with Gasteiger partial charge in [0.05, 0.1) is 0 Å². The lowest BCUT2D eigenvalue weighted by Gasteiger charge is -2.18. The predicted molar refractivity (Wildman–Crippen MR) is 361 cm³/mol. The number of unbranched alkanes of at least 4 members (excludes halogenated alkanes) is 20. The molecule has 83 heavy (non-hydrogen) atoms. The van der Waals surface area contributed by atoms with Crippen LogP contribution in [0.25, 0.3) is 0 Å². The van der Waals surface area contributed by atoms with Gasteiger partial charge < -0.3 is 14.2 Å². The van der Waals surface area contributed by atoms with Crippen LogP contribution in [0.15, 0.2) is 170 Å². The predicted octanol–water partition coefficient (Wildman–Crippen LogP) is 23.4. The summed E-state index contributed by atoms with van der Waals surface area (Å²) in [7, 11) is 0. The largest absolute Gasteiger partial charge is 0.462 e. The summed E-state index contributed by atoms with van der Waals surface area (Å²) in [6, 6.07) is 0. The molecule has 0 spiro atoms. The van der Waals surface area contributed by atoms with Crippen LogP contribution >= 0.6 is 0 Å². The van der Waals surface area contributed by atoms with Crippen molar-refractivity contribution in [3.05, 3.63) is 170 Å². The third-order valence-corrected chi connectivity index (χ3v) is 13.7. The minimum atomic E-state index is -0.838. The van der Waals surface area contributed by atoms with Crippen molar-refractivity contribution < 1.29 is 28.6 Å². The van der Waals surface area contributed by atoms with Gasteiger partial charge in [0.1, 0.15) is 13.2 Å². The fourth-order valence-corrected chi connectivity index (χ4v) is 8.78. The summed E-state index contributed by atoms with van der Waals surface area (Å²) in [4.78, 5) is 38.4. The lowest BCUT2D eigenvalue weighted by atomic mass is 10.0. The molecule has 6 nitrogen and oxygen atoms in total.